The monoisotopic (exact) mass is 405 g/mol. The van der Waals surface area contributed by atoms with Gasteiger partial charge in [0.15, 0.2) is 0 Å². The van der Waals surface area contributed by atoms with Gasteiger partial charge in [-0.25, -0.2) is 4.98 Å². The zero-order valence-corrected chi connectivity index (χ0v) is 18.2. The molecule has 0 saturated heterocycles. The minimum atomic E-state index is -0.0674. The van der Waals surface area contributed by atoms with E-state index in [4.69, 9.17) is 4.74 Å². The number of aromatic nitrogens is 2. The minimum absolute atomic E-state index is 0.0674. The van der Waals surface area contributed by atoms with Crippen molar-refractivity contribution in [3.05, 3.63) is 64.7 Å². The summed E-state index contributed by atoms with van der Waals surface area (Å²) >= 11 is 0. The van der Waals surface area contributed by atoms with Crippen molar-refractivity contribution < 1.29 is 4.74 Å². The van der Waals surface area contributed by atoms with Crippen molar-refractivity contribution in [1.82, 2.24) is 14.5 Å². The summed E-state index contributed by atoms with van der Waals surface area (Å²) < 4.78 is 7.40. The van der Waals surface area contributed by atoms with Gasteiger partial charge in [0.05, 0.1) is 23.2 Å². The molecule has 1 saturated carbocycles. The Hall–Kier alpha value is -2.66. The van der Waals surface area contributed by atoms with Crippen LogP contribution in [0.5, 0.6) is 5.75 Å². The Morgan fingerprint density at radius 2 is 1.93 bits per heavy atom. The fourth-order valence-corrected chi connectivity index (χ4v) is 4.35. The molecular formula is C25H31N3O2. The van der Waals surface area contributed by atoms with Crippen molar-refractivity contribution >= 4 is 10.9 Å². The zero-order chi connectivity index (χ0) is 21.1. The second-order valence-corrected chi connectivity index (χ2v) is 8.52. The Bertz CT molecular complexity index is 1060. The quantitative estimate of drug-likeness (QED) is 0.532. The Morgan fingerprint density at radius 1 is 1.13 bits per heavy atom. The average molecular weight is 406 g/mol. The van der Waals surface area contributed by atoms with Crippen LogP contribution in [-0.2, 0) is 0 Å². The van der Waals surface area contributed by atoms with Gasteiger partial charge in [-0.1, -0.05) is 25.5 Å². The van der Waals surface area contributed by atoms with Crippen LogP contribution < -0.4 is 10.3 Å². The highest BCUT2D eigenvalue weighted by atomic mass is 16.5. The molecule has 1 heterocycles. The number of hydrogen-bond acceptors (Lipinski definition) is 4. The first-order valence-electron chi connectivity index (χ1n) is 11.0. The summed E-state index contributed by atoms with van der Waals surface area (Å²) in [5.41, 5.74) is 2.83. The highest BCUT2D eigenvalue weighted by Gasteiger charge is 2.27. The van der Waals surface area contributed by atoms with Crippen molar-refractivity contribution in [2.75, 3.05) is 20.7 Å². The van der Waals surface area contributed by atoms with Gasteiger partial charge in [-0.05, 0) is 81.6 Å². The molecule has 0 radical (unpaired) electrons. The molecule has 3 aromatic rings. The van der Waals surface area contributed by atoms with Gasteiger partial charge in [0.25, 0.3) is 5.56 Å². The van der Waals surface area contributed by atoms with E-state index in [1.54, 1.807) is 10.9 Å². The number of hydrogen-bond donors (Lipinski definition) is 0. The Kier molecular flexibility index (Phi) is 6.18. The number of rotatable bonds is 7. The number of nitrogens with zero attached hydrogens (tertiary/aromatic N) is 3. The highest BCUT2D eigenvalue weighted by molar-refractivity contribution is 5.79. The maximum atomic E-state index is 13.1. The lowest BCUT2D eigenvalue weighted by molar-refractivity contribution is 0.296. The molecule has 1 aliphatic rings. The van der Waals surface area contributed by atoms with Crippen LogP contribution in [0.1, 0.15) is 50.5 Å². The van der Waals surface area contributed by atoms with Crippen molar-refractivity contribution in [2.45, 2.75) is 51.0 Å². The smallest absolute Gasteiger partial charge is 0.265 e. The predicted octanol–water partition coefficient (Wildman–Crippen LogP) is 4.76. The van der Waals surface area contributed by atoms with Crippen molar-refractivity contribution in [3.63, 3.8) is 0 Å². The number of ether oxygens (including phenoxy) is 1. The first kappa shape index (κ1) is 20.6. The number of fused-ring (bicyclic) bond motifs is 1. The van der Waals surface area contributed by atoms with Gasteiger partial charge in [0.2, 0.25) is 0 Å². The van der Waals surface area contributed by atoms with Gasteiger partial charge >= 0.3 is 0 Å². The van der Waals surface area contributed by atoms with Crippen LogP contribution in [0.25, 0.3) is 16.6 Å². The van der Waals surface area contributed by atoms with E-state index in [1.165, 1.54) is 24.8 Å². The van der Waals surface area contributed by atoms with Crippen molar-refractivity contribution in [1.29, 1.82) is 0 Å². The molecule has 158 valence electrons. The maximum absolute atomic E-state index is 13.1. The molecule has 0 amide bonds. The molecule has 4 rings (SSSR count). The van der Waals surface area contributed by atoms with E-state index in [0.717, 1.165) is 24.3 Å². The third-order valence-electron chi connectivity index (χ3n) is 6.27. The molecule has 0 N–H and O–H groups in total. The van der Waals surface area contributed by atoms with Crippen LogP contribution in [-0.4, -0.2) is 41.2 Å². The largest absolute Gasteiger partial charge is 0.494 e. The van der Waals surface area contributed by atoms with Gasteiger partial charge < -0.3 is 9.64 Å². The molecule has 5 nitrogen and oxygen atoms in total. The first-order valence-corrected chi connectivity index (χ1v) is 11.0. The molecule has 1 fully saturated rings. The molecule has 1 aromatic heterocycles. The lowest BCUT2D eigenvalue weighted by Gasteiger charge is -2.19. The van der Waals surface area contributed by atoms with Crippen LogP contribution in [0.3, 0.4) is 0 Å². The second kappa shape index (κ2) is 9.00. The fourth-order valence-electron chi connectivity index (χ4n) is 4.35. The SMILES string of the molecule is CCCCOc1ccc2ncn(-c3ccc(C4CCC(N(C)C)C4)cc3)c(=O)c2c1. The molecule has 2 aromatic carbocycles. The molecule has 2 unspecified atom stereocenters. The van der Waals surface area contributed by atoms with Gasteiger partial charge in [0, 0.05) is 6.04 Å². The fraction of sp³-hybridized carbons (Fsp3) is 0.440. The predicted molar refractivity (Wildman–Crippen MR) is 122 cm³/mol. The summed E-state index contributed by atoms with van der Waals surface area (Å²) in [5, 5.41) is 0.584. The summed E-state index contributed by atoms with van der Waals surface area (Å²) in [6.07, 6.45) is 7.36. The summed E-state index contributed by atoms with van der Waals surface area (Å²) in [6, 6.07) is 14.6. The topological polar surface area (TPSA) is 47.4 Å². The average Bonchev–Trinajstić information content (AvgIpc) is 3.25. The minimum Gasteiger partial charge on any atom is -0.494 e. The molecule has 30 heavy (non-hydrogen) atoms. The van der Waals surface area contributed by atoms with Crippen LogP contribution >= 0.6 is 0 Å². The molecule has 0 aliphatic heterocycles. The van der Waals surface area contributed by atoms with Crippen LogP contribution in [0, 0.1) is 0 Å². The number of benzene rings is 2. The lowest BCUT2D eigenvalue weighted by atomic mass is 9.97. The van der Waals surface area contributed by atoms with Gasteiger partial charge in [-0.2, -0.15) is 0 Å². The van der Waals surface area contributed by atoms with E-state index in [2.05, 4.69) is 43.0 Å². The zero-order valence-electron chi connectivity index (χ0n) is 18.2. The van der Waals surface area contributed by atoms with E-state index in [0.29, 0.717) is 29.5 Å². The summed E-state index contributed by atoms with van der Waals surface area (Å²) in [7, 11) is 4.32. The van der Waals surface area contributed by atoms with Crippen LogP contribution in [0.2, 0.25) is 0 Å². The molecule has 5 heteroatoms. The van der Waals surface area contributed by atoms with E-state index in [1.807, 2.05) is 30.3 Å². The van der Waals surface area contributed by atoms with E-state index in [9.17, 15) is 4.79 Å². The molecule has 0 spiro atoms. The van der Waals surface area contributed by atoms with E-state index < -0.39 is 0 Å². The van der Waals surface area contributed by atoms with Gasteiger partial charge in [-0.3, -0.25) is 9.36 Å². The van der Waals surface area contributed by atoms with E-state index >= 15 is 0 Å². The van der Waals surface area contributed by atoms with Crippen LogP contribution in [0.15, 0.2) is 53.6 Å². The van der Waals surface area contributed by atoms with Crippen molar-refractivity contribution in [2.24, 2.45) is 0 Å². The molecule has 1 aliphatic carbocycles. The van der Waals surface area contributed by atoms with Crippen molar-refractivity contribution in [3.8, 4) is 11.4 Å². The van der Waals surface area contributed by atoms with Gasteiger partial charge in [0.1, 0.15) is 12.1 Å². The Morgan fingerprint density at radius 3 is 2.63 bits per heavy atom. The van der Waals surface area contributed by atoms with Crippen LogP contribution in [0.4, 0.5) is 0 Å². The molecule has 0 bridgehead atoms. The van der Waals surface area contributed by atoms with Gasteiger partial charge in [-0.15, -0.1) is 0 Å². The summed E-state index contributed by atoms with van der Waals surface area (Å²) in [4.78, 5) is 19.9. The van der Waals surface area contributed by atoms with E-state index in [-0.39, 0.29) is 5.56 Å². The molecular weight excluding hydrogens is 374 g/mol. The first-order chi connectivity index (χ1) is 14.6. The maximum Gasteiger partial charge on any atom is 0.265 e. The number of unbranched alkanes of at least 4 members (excludes halogenated alkanes) is 1. The normalized spacial score (nSPS) is 18.9. The summed E-state index contributed by atoms with van der Waals surface area (Å²) in [6.45, 7) is 2.79. The third kappa shape index (κ3) is 4.26. The Balaban J connectivity index is 1.58. The third-order valence-corrected chi connectivity index (χ3v) is 6.27. The lowest BCUT2D eigenvalue weighted by Crippen LogP contribution is -2.24. The second-order valence-electron chi connectivity index (χ2n) is 8.52. The standard InChI is InChI=1S/C25H31N3O2/c1-4-5-14-30-22-12-13-24-23(16-22)25(29)28(17-26-24)20-9-6-18(7-10-20)19-8-11-21(15-19)27(2)3/h6-7,9-10,12-13,16-17,19,21H,4-5,8,11,14-15H2,1-3H3. The highest BCUT2D eigenvalue weighted by Crippen LogP contribution is 2.36. The molecule has 2 atom stereocenters. The summed E-state index contributed by atoms with van der Waals surface area (Å²) in [5.74, 6) is 1.32. The Labute approximate surface area is 178 Å².